The highest BCUT2D eigenvalue weighted by molar-refractivity contribution is 7.16. The van der Waals surface area contributed by atoms with Crippen molar-refractivity contribution in [2.45, 2.75) is 26.0 Å². The maximum Gasteiger partial charge on any atom is 0.103 e. The summed E-state index contributed by atoms with van der Waals surface area (Å²) in [5.74, 6) is 0.859. The number of aliphatic hydroxyl groups excluding tert-OH is 1. The lowest BCUT2D eigenvalue weighted by Crippen LogP contribution is -2.03. The molecule has 2 heterocycles. The van der Waals surface area contributed by atoms with Crippen LogP contribution in [0.2, 0.25) is 0 Å². The Balaban J connectivity index is 2.09. The van der Waals surface area contributed by atoms with Gasteiger partial charge in [0.05, 0.1) is 6.61 Å². The van der Waals surface area contributed by atoms with Gasteiger partial charge in [-0.15, -0.1) is 11.3 Å². The third-order valence-electron chi connectivity index (χ3n) is 2.89. The van der Waals surface area contributed by atoms with Crippen LogP contribution in [-0.4, -0.2) is 9.67 Å². The highest BCUT2D eigenvalue weighted by Crippen LogP contribution is 2.34. The van der Waals surface area contributed by atoms with Gasteiger partial charge >= 0.3 is 0 Å². The van der Waals surface area contributed by atoms with Gasteiger partial charge in [0, 0.05) is 17.6 Å². The van der Waals surface area contributed by atoms with Gasteiger partial charge in [0.1, 0.15) is 4.83 Å². The Bertz CT molecular complexity index is 453. The molecule has 74 valence electrons. The number of nitrogens with zero attached hydrogens (tertiary/aromatic N) is 1. The molecule has 0 bridgehead atoms. The summed E-state index contributed by atoms with van der Waals surface area (Å²) in [5, 5.41) is 12.7. The van der Waals surface area contributed by atoms with Crippen molar-refractivity contribution in [3.63, 3.8) is 0 Å². The van der Waals surface area contributed by atoms with Gasteiger partial charge in [-0.05, 0) is 36.3 Å². The molecule has 0 amide bonds. The number of hydrogen-bond donors (Lipinski definition) is 1. The highest BCUT2D eigenvalue weighted by atomic mass is 32.1. The second kappa shape index (κ2) is 3.11. The fourth-order valence-corrected chi connectivity index (χ4v) is 2.84. The van der Waals surface area contributed by atoms with E-state index in [0.717, 1.165) is 18.2 Å². The molecule has 3 rings (SSSR count). The van der Waals surface area contributed by atoms with Crippen LogP contribution in [0.15, 0.2) is 17.5 Å². The first-order valence-corrected chi connectivity index (χ1v) is 5.93. The van der Waals surface area contributed by atoms with Gasteiger partial charge in [0.15, 0.2) is 0 Å². The van der Waals surface area contributed by atoms with Crippen LogP contribution in [-0.2, 0) is 13.2 Å². The van der Waals surface area contributed by atoms with E-state index in [4.69, 9.17) is 0 Å². The van der Waals surface area contributed by atoms with Crippen molar-refractivity contribution in [1.29, 1.82) is 0 Å². The molecule has 2 nitrogen and oxygen atoms in total. The molecule has 14 heavy (non-hydrogen) atoms. The lowest BCUT2D eigenvalue weighted by Gasteiger charge is -2.06. The van der Waals surface area contributed by atoms with Crippen LogP contribution >= 0.6 is 11.3 Å². The Morgan fingerprint density at radius 3 is 3.07 bits per heavy atom. The second-order valence-corrected chi connectivity index (χ2v) is 4.92. The zero-order valence-corrected chi connectivity index (χ0v) is 8.76. The van der Waals surface area contributed by atoms with Gasteiger partial charge in [-0.2, -0.15) is 0 Å². The zero-order valence-electron chi connectivity index (χ0n) is 7.94. The fraction of sp³-hybridized carbons (Fsp3) is 0.455. The molecule has 3 heteroatoms. The molecule has 0 saturated heterocycles. The molecule has 2 aromatic heterocycles. The van der Waals surface area contributed by atoms with Crippen LogP contribution < -0.4 is 0 Å². The van der Waals surface area contributed by atoms with Crippen molar-refractivity contribution in [3.05, 3.63) is 23.2 Å². The van der Waals surface area contributed by atoms with Crippen LogP contribution in [0.5, 0.6) is 0 Å². The highest BCUT2D eigenvalue weighted by Gasteiger charge is 2.23. The second-order valence-electron chi connectivity index (χ2n) is 4.03. The summed E-state index contributed by atoms with van der Waals surface area (Å²) in [6.07, 6.45) is 2.71. The van der Waals surface area contributed by atoms with Crippen molar-refractivity contribution in [2.75, 3.05) is 0 Å². The fourth-order valence-electron chi connectivity index (χ4n) is 1.92. The smallest absolute Gasteiger partial charge is 0.103 e. The van der Waals surface area contributed by atoms with E-state index in [2.05, 4.69) is 22.1 Å². The van der Waals surface area contributed by atoms with Crippen molar-refractivity contribution < 1.29 is 5.11 Å². The van der Waals surface area contributed by atoms with E-state index in [1.165, 1.54) is 23.1 Å². The molecule has 1 N–H and O–H groups in total. The summed E-state index contributed by atoms with van der Waals surface area (Å²) >= 11 is 1.77. The molecule has 2 aromatic rings. The van der Waals surface area contributed by atoms with Crippen LogP contribution in [0.1, 0.15) is 18.5 Å². The molecule has 0 unspecified atom stereocenters. The third-order valence-corrected chi connectivity index (χ3v) is 3.84. The Morgan fingerprint density at radius 2 is 2.36 bits per heavy atom. The topological polar surface area (TPSA) is 25.2 Å². The summed E-state index contributed by atoms with van der Waals surface area (Å²) in [7, 11) is 0. The van der Waals surface area contributed by atoms with Crippen molar-refractivity contribution in [1.82, 2.24) is 4.57 Å². The monoisotopic (exact) mass is 207 g/mol. The van der Waals surface area contributed by atoms with Gasteiger partial charge in [-0.3, -0.25) is 0 Å². The molecule has 0 atom stereocenters. The van der Waals surface area contributed by atoms with Crippen LogP contribution in [0.25, 0.3) is 10.2 Å². The molecule has 1 aliphatic rings. The molecule has 0 spiro atoms. The predicted molar refractivity (Wildman–Crippen MR) is 58.5 cm³/mol. The van der Waals surface area contributed by atoms with E-state index in [-0.39, 0.29) is 6.61 Å². The Kier molecular flexibility index (Phi) is 1.89. The van der Waals surface area contributed by atoms with Crippen LogP contribution in [0.3, 0.4) is 0 Å². The molecule has 0 aliphatic heterocycles. The largest absolute Gasteiger partial charge is 0.390 e. The van der Waals surface area contributed by atoms with E-state index < -0.39 is 0 Å². The van der Waals surface area contributed by atoms with E-state index in [1.807, 2.05) is 0 Å². The number of thiophene rings is 1. The first-order chi connectivity index (χ1) is 6.88. The summed E-state index contributed by atoms with van der Waals surface area (Å²) < 4.78 is 2.29. The van der Waals surface area contributed by atoms with Gasteiger partial charge in [-0.25, -0.2) is 0 Å². The Labute approximate surface area is 86.8 Å². The number of hydrogen-bond acceptors (Lipinski definition) is 2. The number of rotatable bonds is 3. The lowest BCUT2D eigenvalue weighted by molar-refractivity contribution is 0.270. The average Bonchev–Trinajstić information content (AvgIpc) is 2.77. The summed E-state index contributed by atoms with van der Waals surface area (Å²) in [6.45, 7) is 1.26. The molecule has 1 saturated carbocycles. The van der Waals surface area contributed by atoms with Crippen molar-refractivity contribution in [3.8, 4) is 0 Å². The quantitative estimate of drug-likeness (QED) is 0.822. The van der Waals surface area contributed by atoms with E-state index in [1.54, 1.807) is 11.3 Å². The molecule has 1 fully saturated rings. The van der Waals surface area contributed by atoms with Gasteiger partial charge in [0.2, 0.25) is 0 Å². The normalized spacial score (nSPS) is 16.6. The van der Waals surface area contributed by atoms with E-state index >= 15 is 0 Å². The number of aliphatic hydroxyl groups is 1. The first-order valence-electron chi connectivity index (χ1n) is 5.05. The predicted octanol–water partition coefficient (Wildman–Crippen LogP) is 2.61. The minimum atomic E-state index is 0.161. The van der Waals surface area contributed by atoms with Crippen LogP contribution in [0.4, 0.5) is 0 Å². The summed E-state index contributed by atoms with van der Waals surface area (Å²) in [5.41, 5.74) is 1.07. The maximum atomic E-state index is 9.25. The molecule has 1 aliphatic carbocycles. The molecular formula is C11H13NOS. The summed E-state index contributed by atoms with van der Waals surface area (Å²) in [4.78, 5) is 1.32. The Morgan fingerprint density at radius 1 is 1.50 bits per heavy atom. The van der Waals surface area contributed by atoms with Crippen molar-refractivity contribution in [2.24, 2.45) is 5.92 Å². The average molecular weight is 207 g/mol. The molecule has 0 aromatic carbocycles. The lowest BCUT2D eigenvalue weighted by atomic mass is 10.3. The minimum Gasteiger partial charge on any atom is -0.390 e. The first kappa shape index (κ1) is 8.50. The van der Waals surface area contributed by atoms with Gasteiger partial charge in [0.25, 0.3) is 0 Å². The molecular weight excluding hydrogens is 194 g/mol. The Hall–Kier alpha value is -0.800. The molecule has 0 radical (unpaired) electrons. The maximum absolute atomic E-state index is 9.25. The third kappa shape index (κ3) is 1.28. The standard InChI is InChI=1S/C11H13NOS/c13-7-10-5-9-3-4-14-11(9)12(10)6-8-1-2-8/h3-5,8,13H,1-2,6-7H2. The van der Waals surface area contributed by atoms with Crippen LogP contribution in [0, 0.1) is 5.92 Å². The van der Waals surface area contributed by atoms with Gasteiger partial charge in [-0.1, -0.05) is 0 Å². The minimum absolute atomic E-state index is 0.161. The van der Waals surface area contributed by atoms with E-state index in [0.29, 0.717) is 0 Å². The van der Waals surface area contributed by atoms with Crippen molar-refractivity contribution >= 4 is 21.6 Å². The zero-order chi connectivity index (χ0) is 9.54. The summed E-state index contributed by atoms with van der Waals surface area (Å²) in [6, 6.07) is 4.23. The SMILES string of the molecule is OCc1cc2ccsc2n1CC1CC1. The van der Waals surface area contributed by atoms with E-state index in [9.17, 15) is 5.11 Å². The number of aromatic nitrogens is 1. The van der Waals surface area contributed by atoms with Gasteiger partial charge < -0.3 is 9.67 Å². The number of fused-ring (bicyclic) bond motifs is 1.